The number of nitrogens with zero attached hydrogens (tertiary/aromatic N) is 3. The number of carbonyl (C=O) groups is 2. The predicted molar refractivity (Wildman–Crippen MR) is 182 cm³/mol. The van der Waals surface area contributed by atoms with Crippen LogP contribution in [0, 0.1) is 11.8 Å². The van der Waals surface area contributed by atoms with E-state index in [4.69, 9.17) is 14.2 Å². The second-order valence-corrected chi connectivity index (χ2v) is 12.3. The quantitative estimate of drug-likeness (QED) is 0.282. The van der Waals surface area contributed by atoms with E-state index < -0.39 is 0 Å². The Hall–Kier alpha value is -4.36. The summed E-state index contributed by atoms with van der Waals surface area (Å²) in [5.41, 5.74) is 3.90. The number of urea groups is 1. The summed E-state index contributed by atoms with van der Waals surface area (Å²) in [6, 6.07) is 26.1. The molecule has 3 heterocycles. The highest BCUT2D eigenvalue weighted by Gasteiger charge is 2.50. The number of ether oxygens (including phenoxy) is 3. The summed E-state index contributed by atoms with van der Waals surface area (Å²) in [6.45, 7) is 5.69. The van der Waals surface area contributed by atoms with E-state index in [0.717, 1.165) is 42.0 Å². The maximum Gasteiger partial charge on any atom is 0.321 e. The molecule has 3 aromatic rings. The number of fused-ring (bicyclic) bond motifs is 1. The number of hydrogen-bond acceptors (Lipinski definition) is 6. The molecule has 3 amide bonds. The highest BCUT2D eigenvalue weighted by Crippen LogP contribution is 2.42. The fourth-order valence-electron chi connectivity index (χ4n) is 6.77. The molecule has 3 aromatic carbocycles. The van der Waals surface area contributed by atoms with Gasteiger partial charge in [-0.05, 0) is 73.5 Å². The molecule has 0 aliphatic carbocycles. The maximum atomic E-state index is 13.5. The Balaban J connectivity index is 1.15. The molecule has 1 N–H and O–H groups in total. The Morgan fingerprint density at radius 3 is 2.28 bits per heavy atom. The van der Waals surface area contributed by atoms with Crippen molar-refractivity contribution in [2.24, 2.45) is 0 Å². The predicted octanol–water partition coefficient (Wildman–Crippen LogP) is 4.82. The van der Waals surface area contributed by atoms with Crippen molar-refractivity contribution in [1.29, 1.82) is 0 Å². The van der Waals surface area contributed by atoms with Gasteiger partial charge in [0.25, 0.3) is 0 Å². The van der Waals surface area contributed by atoms with Crippen molar-refractivity contribution in [1.82, 2.24) is 14.7 Å². The second kappa shape index (κ2) is 16.0. The standard InChI is InChI=1S/C38H44N4O5/c1-45-33-17-15-32(16-18-33)39-38(44)41-20-5-6-21-42-34(27-41)37(35(42)28-47-24-19-36(43)40-22-25-46-26-23-40)31-13-11-30(12-14-31)10-9-29-7-3-2-4-8-29/h2-4,7-8,11-18,34-35,37H,5-6,19-28H2,1H3,(H,39,44). The number of rotatable bonds is 8. The van der Waals surface area contributed by atoms with Gasteiger partial charge >= 0.3 is 6.03 Å². The highest BCUT2D eigenvalue weighted by atomic mass is 16.5. The molecule has 3 fully saturated rings. The van der Waals surface area contributed by atoms with Crippen LogP contribution in [0.15, 0.2) is 78.9 Å². The summed E-state index contributed by atoms with van der Waals surface area (Å²) >= 11 is 0. The molecular weight excluding hydrogens is 592 g/mol. The molecule has 3 saturated heterocycles. The molecule has 0 spiro atoms. The molecule has 3 unspecified atom stereocenters. The van der Waals surface area contributed by atoms with Gasteiger partial charge in [0.2, 0.25) is 5.91 Å². The van der Waals surface area contributed by atoms with Crippen molar-refractivity contribution in [2.75, 3.05) is 71.6 Å². The van der Waals surface area contributed by atoms with E-state index in [9.17, 15) is 9.59 Å². The number of benzene rings is 3. The fraction of sp³-hybridized carbons (Fsp3) is 0.421. The normalized spacial score (nSPS) is 21.3. The molecule has 0 saturated carbocycles. The third-order valence-corrected chi connectivity index (χ3v) is 9.34. The molecule has 9 heteroatoms. The van der Waals surface area contributed by atoms with Gasteiger partial charge in [-0.25, -0.2) is 4.79 Å². The largest absolute Gasteiger partial charge is 0.497 e. The molecule has 0 radical (unpaired) electrons. The third kappa shape index (κ3) is 8.33. The average Bonchev–Trinajstić information content (AvgIpc) is 3.11. The van der Waals surface area contributed by atoms with E-state index >= 15 is 0 Å². The Kier molecular flexibility index (Phi) is 11.1. The number of carbonyl (C=O) groups excluding carboxylic acids is 2. The smallest absolute Gasteiger partial charge is 0.321 e. The van der Waals surface area contributed by atoms with E-state index in [1.165, 1.54) is 5.56 Å². The van der Waals surface area contributed by atoms with Gasteiger partial charge in [0.1, 0.15) is 5.75 Å². The number of hydrogen-bond donors (Lipinski definition) is 1. The van der Waals surface area contributed by atoms with Crippen LogP contribution in [0.1, 0.15) is 41.9 Å². The summed E-state index contributed by atoms with van der Waals surface area (Å²) in [5.74, 6) is 7.57. The molecule has 0 bridgehead atoms. The highest BCUT2D eigenvalue weighted by molar-refractivity contribution is 5.89. The lowest BCUT2D eigenvalue weighted by Gasteiger charge is -2.57. The van der Waals surface area contributed by atoms with Gasteiger partial charge in [-0.15, -0.1) is 0 Å². The van der Waals surface area contributed by atoms with Crippen LogP contribution in [-0.4, -0.2) is 105 Å². The molecule has 246 valence electrons. The SMILES string of the molecule is COc1ccc(NC(=O)N2CCCCN3C(COCCC(=O)N4CCOCC4)C(c4ccc(C#Cc5ccccc5)cc4)C3C2)cc1. The molecule has 6 rings (SSSR count). The van der Waals surface area contributed by atoms with Crippen molar-refractivity contribution in [3.63, 3.8) is 0 Å². The van der Waals surface area contributed by atoms with E-state index in [0.29, 0.717) is 59.0 Å². The lowest BCUT2D eigenvalue weighted by molar-refractivity contribution is -0.137. The van der Waals surface area contributed by atoms with Crippen molar-refractivity contribution in [2.45, 2.75) is 37.3 Å². The van der Waals surface area contributed by atoms with E-state index in [2.05, 4.69) is 46.3 Å². The monoisotopic (exact) mass is 636 g/mol. The van der Waals surface area contributed by atoms with Crippen molar-refractivity contribution >= 4 is 17.6 Å². The maximum absolute atomic E-state index is 13.5. The van der Waals surface area contributed by atoms with Gasteiger partial charge in [0, 0.05) is 61.0 Å². The first-order valence-corrected chi connectivity index (χ1v) is 16.6. The Morgan fingerprint density at radius 1 is 0.851 bits per heavy atom. The summed E-state index contributed by atoms with van der Waals surface area (Å²) in [4.78, 5) is 32.5. The summed E-state index contributed by atoms with van der Waals surface area (Å²) < 4.78 is 16.9. The minimum Gasteiger partial charge on any atom is -0.497 e. The number of nitrogens with one attached hydrogen (secondary N) is 1. The summed E-state index contributed by atoms with van der Waals surface area (Å²) in [5, 5.41) is 3.08. The number of anilines is 1. The first-order chi connectivity index (χ1) is 23.1. The van der Waals surface area contributed by atoms with Crippen LogP contribution in [0.4, 0.5) is 10.5 Å². The number of amides is 3. The van der Waals surface area contributed by atoms with Gasteiger partial charge in [-0.3, -0.25) is 9.69 Å². The van der Waals surface area contributed by atoms with Crippen LogP contribution in [-0.2, 0) is 14.3 Å². The van der Waals surface area contributed by atoms with E-state index in [1.807, 2.05) is 64.4 Å². The topological polar surface area (TPSA) is 83.6 Å². The van der Waals surface area contributed by atoms with Crippen molar-refractivity contribution < 1.29 is 23.8 Å². The van der Waals surface area contributed by atoms with Crippen LogP contribution in [0.3, 0.4) is 0 Å². The second-order valence-electron chi connectivity index (χ2n) is 12.3. The number of methoxy groups -OCH3 is 1. The van der Waals surface area contributed by atoms with Crippen LogP contribution in [0.25, 0.3) is 0 Å². The first-order valence-electron chi connectivity index (χ1n) is 16.6. The Labute approximate surface area is 277 Å². The zero-order valence-corrected chi connectivity index (χ0v) is 27.1. The molecule has 3 aliphatic rings. The Bertz CT molecular complexity index is 1530. The minimum absolute atomic E-state index is 0.0939. The minimum atomic E-state index is -0.0939. The summed E-state index contributed by atoms with van der Waals surface area (Å²) in [6.07, 6.45) is 2.30. The molecule has 0 aromatic heterocycles. The Morgan fingerprint density at radius 2 is 1.55 bits per heavy atom. The van der Waals surface area contributed by atoms with Gasteiger partial charge < -0.3 is 29.3 Å². The number of morpholine rings is 1. The van der Waals surface area contributed by atoms with Gasteiger partial charge in [-0.1, -0.05) is 42.2 Å². The average molecular weight is 637 g/mol. The van der Waals surface area contributed by atoms with Crippen LogP contribution < -0.4 is 10.1 Å². The van der Waals surface area contributed by atoms with Crippen molar-refractivity contribution in [3.05, 3.63) is 95.6 Å². The summed E-state index contributed by atoms with van der Waals surface area (Å²) in [7, 11) is 1.63. The van der Waals surface area contributed by atoms with E-state index in [1.54, 1.807) is 7.11 Å². The third-order valence-electron chi connectivity index (χ3n) is 9.34. The van der Waals surface area contributed by atoms with Gasteiger partial charge in [-0.2, -0.15) is 0 Å². The van der Waals surface area contributed by atoms with Gasteiger partial charge in [0.15, 0.2) is 0 Å². The van der Waals surface area contributed by atoms with E-state index in [-0.39, 0.29) is 29.9 Å². The zero-order chi connectivity index (χ0) is 32.4. The zero-order valence-electron chi connectivity index (χ0n) is 27.1. The van der Waals surface area contributed by atoms with Gasteiger partial charge in [0.05, 0.1) is 40.0 Å². The molecule has 9 nitrogen and oxygen atoms in total. The molecule has 3 atom stereocenters. The van der Waals surface area contributed by atoms with Crippen LogP contribution in [0.5, 0.6) is 5.75 Å². The van der Waals surface area contributed by atoms with Crippen molar-refractivity contribution in [3.8, 4) is 17.6 Å². The lowest BCUT2D eigenvalue weighted by atomic mass is 9.74. The van der Waals surface area contributed by atoms with Crippen LogP contribution in [0.2, 0.25) is 0 Å². The van der Waals surface area contributed by atoms with Crippen LogP contribution >= 0.6 is 0 Å². The molecule has 47 heavy (non-hydrogen) atoms. The first kappa shape index (κ1) is 32.6. The molecular formula is C38H44N4O5. The molecule has 3 aliphatic heterocycles. The lowest BCUT2D eigenvalue weighted by Crippen LogP contribution is -2.68. The fourth-order valence-corrected chi connectivity index (χ4v) is 6.77.